The van der Waals surface area contributed by atoms with Crippen molar-refractivity contribution in [2.45, 2.75) is 52.5 Å². The Morgan fingerprint density at radius 1 is 1.44 bits per heavy atom. The molecule has 0 aromatic rings. The van der Waals surface area contributed by atoms with Gasteiger partial charge in [0.15, 0.2) is 0 Å². The summed E-state index contributed by atoms with van der Waals surface area (Å²) < 4.78 is 0. The molecule has 0 radical (unpaired) electrons. The van der Waals surface area contributed by atoms with Crippen molar-refractivity contribution in [2.24, 2.45) is 17.1 Å². The first-order chi connectivity index (χ1) is 8.46. The maximum Gasteiger partial charge on any atom is 0.230 e. The molecule has 0 aromatic heterocycles. The monoisotopic (exact) mass is 256 g/mol. The van der Waals surface area contributed by atoms with Crippen molar-refractivity contribution in [1.29, 1.82) is 0 Å². The van der Waals surface area contributed by atoms with Crippen LogP contribution in [-0.2, 0) is 4.79 Å². The summed E-state index contributed by atoms with van der Waals surface area (Å²) in [5.41, 5.74) is 5.53. The van der Waals surface area contributed by atoms with Crippen LogP contribution in [0, 0.1) is 11.3 Å². The summed E-state index contributed by atoms with van der Waals surface area (Å²) in [5, 5.41) is 9.11. The average Bonchev–Trinajstić information content (AvgIpc) is 2.36. The molecule has 1 aliphatic rings. The van der Waals surface area contributed by atoms with Gasteiger partial charge in [-0.15, -0.1) is 0 Å². The van der Waals surface area contributed by atoms with Crippen molar-refractivity contribution >= 4 is 5.91 Å². The maximum atomic E-state index is 12.7. The van der Waals surface area contributed by atoms with Gasteiger partial charge in [-0.25, -0.2) is 0 Å². The molecule has 1 aliphatic carbocycles. The lowest BCUT2D eigenvalue weighted by Crippen LogP contribution is -2.52. The highest BCUT2D eigenvalue weighted by atomic mass is 16.3. The van der Waals surface area contributed by atoms with Crippen molar-refractivity contribution in [3.05, 3.63) is 0 Å². The van der Waals surface area contributed by atoms with E-state index < -0.39 is 0 Å². The molecule has 1 rings (SSSR count). The summed E-state index contributed by atoms with van der Waals surface area (Å²) >= 11 is 0. The average molecular weight is 256 g/mol. The van der Waals surface area contributed by atoms with Crippen LogP contribution in [0.15, 0.2) is 0 Å². The molecule has 18 heavy (non-hydrogen) atoms. The second-order valence-electron chi connectivity index (χ2n) is 5.98. The molecule has 0 aliphatic heterocycles. The Hall–Kier alpha value is -0.610. The fourth-order valence-electron chi connectivity index (χ4n) is 2.83. The van der Waals surface area contributed by atoms with Crippen LogP contribution in [0.2, 0.25) is 0 Å². The molecule has 1 saturated carbocycles. The van der Waals surface area contributed by atoms with Gasteiger partial charge in [0.2, 0.25) is 5.91 Å². The summed E-state index contributed by atoms with van der Waals surface area (Å²) in [4.78, 5) is 14.5. The van der Waals surface area contributed by atoms with E-state index in [4.69, 9.17) is 10.8 Å². The lowest BCUT2D eigenvalue weighted by molar-refractivity contribution is -0.146. The van der Waals surface area contributed by atoms with Crippen molar-refractivity contribution in [1.82, 2.24) is 4.90 Å². The second kappa shape index (κ2) is 6.53. The summed E-state index contributed by atoms with van der Waals surface area (Å²) in [6.07, 6.45) is 3.93. The first-order valence-corrected chi connectivity index (χ1v) is 7.09. The summed E-state index contributed by atoms with van der Waals surface area (Å²) in [5.74, 6) is 0.837. The molecular formula is C14H28N2O2. The maximum absolute atomic E-state index is 12.7. The zero-order chi connectivity index (χ0) is 13.8. The summed E-state index contributed by atoms with van der Waals surface area (Å²) in [7, 11) is 0. The fraction of sp³-hybridized carbons (Fsp3) is 0.929. The number of hydrogen-bond acceptors (Lipinski definition) is 3. The number of nitrogens with two attached hydrogens (primary N) is 1. The Balaban J connectivity index is 2.82. The minimum atomic E-state index is -0.383. The Kier molecular flexibility index (Phi) is 5.60. The third kappa shape index (κ3) is 3.23. The molecule has 0 unspecified atom stereocenters. The highest BCUT2D eigenvalue weighted by Gasteiger charge is 2.42. The minimum absolute atomic E-state index is 0.0149. The zero-order valence-electron chi connectivity index (χ0n) is 12.0. The van der Waals surface area contributed by atoms with E-state index in [0.717, 1.165) is 25.7 Å². The van der Waals surface area contributed by atoms with Crippen LogP contribution in [0.3, 0.4) is 0 Å². The molecular weight excluding hydrogens is 228 g/mol. The Morgan fingerprint density at radius 3 is 2.39 bits per heavy atom. The number of carbonyl (C=O) groups is 1. The SMILES string of the molecule is CC1CCC(CN)(C(=O)N(CCO)C(C)C)CC1. The van der Waals surface area contributed by atoms with Crippen LogP contribution in [0.25, 0.3) is 0 Å². The van der Waals surface area contributed by atoms with Gasteiger partial charge in [-0.2, -0.15) is 0 Å². The van der Waals surface area contributed by atoms with Gasteiger partial charge in [0, 0.05) is 19.1 Å². The lowest BCUT2D eigenvalue weighted by Gasteiger charge is -2.42. The third-order valence-corrected chi connectivity index (χ3v) is 4.30. The van der Waals surface area contributed by atoms with Crippen molar-refractivity contribution in [2.75, 3.05) is 19.7 Å². The molecule has 4 nitrogen and oxygen atoms in total. The van der Waals surface area contributed by atoms with Gasteiger partial charge in [0.05, 0.1) is 12.0 Å². The summed E-state index contributed by atoms with van der Waals surface area (Å²) in [6.45, 7) is 7.06. The van der Waals surface area contributed by atoms with E-state index in [-0.39, 0.29) is 24.0 Å². The van der Waals surface area contributed by atoms with Gasteiger partial charge >= 0.3 is 0 Å². The van der Waals surface area contributed by atoms with Crippen molar-refractivity contribution in [3.8, 4) is 0 Å². The van der Waals surface area contributed by atoms with Crippen molar-refractivity contribution < 1.29 is 9.90 Å². The van der Waals surface area contributed by atoms with Crippen LogP contribution >= 0.6 is 0 Å². The Morgan fingerprint density at radius 2 is 2.00 bits per heavy atom. The van der Waals surface area contributed by atoms with Crippen LogP contribution in [0.1, 0.15) is 46.5 Å². The van der Waals surface area contributed by atoms with E-state index in [0.29, 0.717) is 19.0 Å². The van der Waals surface area contributed by atoms with Gasteiger partial charge in [0.1, 0.15) is 0 Å². The van der Waals surface area contributed by atoms with Crippen LogP contribution < -0.4 is 5.73 Å². The van der Waals surface area contributed by atoms with Gasteiger partial charge < -0.3 is 15.7 Å². The molecule has 0 saturated heterocycles. The van der Waals surface area contributed by atoms with Crippen LogP contribution in [0.4, 0.5) is 0 Å². The van der Waals surface area contributed by atoms with E-state index in [1.165, 1.54) is 0 Å². The minimum Gasteiger partial charge on any atom is -0.395 e. The topological polar surface area (TPSA) is 66.6 Å². The lowest BCUT2D eigenvalue weighted by atomic mass is 9.70. The predicted molar refractivity (Wildman–Crippen MR) is 73.1 cm³/mol. The van der Waals surface area contributed by atoms with E-state index in [2.05, 4.69) is 6.92 Å². The molecule has 0 bridgehead atoms. The Labute approximate surface area is 111 Å². The van der Waals surface area contributed by atoms with Crippen molar-refractivity contribution in [3.63, 3.8) is 0 Å². The quantitative estimate of drug-likeness (QED) is 0.781. The van der Waals surface area contributed by atoms with Crippen LogP contribution in [0.5, 0.6) is 0 Å². The first kappa shape index (κ1) is 15.4. The van der Waals surface area contributed by atoms with Gasteiger partial charge in [-0.1, -0.05) is 6.92 Å². The molecule has 1 amide bonds. The zero-order valence-corrected chi connectivity index (χ0v) is 12.0. The smallest absolute Gasteiger partial charge is 0.230 e. The molecule has 0 spiro atoms. The normalized spacial score (nSPS) is 28.4. The van der Waals surface area contributed by atoms with E-state index >= 15 is 0 Å². The second-order valence-corrected chi connectivity index (χ2v) is 5.98. The fourth-order valence-corrected chi connectivity index (χ4v) is 2.83. The highest BCUT2D eigenvalue weighted by Crippen LogP contribution is 2.39. The van der Waals surface area contributed by atoms with E-state index in [9.17, 15) is 4.79 Å². The number of rotatable bonds is 5. The van der Waals surface area contributed by atoms with Gasteiger partial charge in [-0.05, 0) is 45.4 Å². The third-order valence-electron chi connectivity index (χ3n) is 4.30. The summed E-state index contributed by atoms with van der Waals surface area (Å²) in [6, 6.07) is 0.118. The number of nitrogens with zero attached hydrogens (tertiary/aromatic N) is 1. The standard InChI is InChI=1S/C14H28N2O2/c1-11(2)16(8-9-17)13(18)14(10-15)6-4-12(3)5-7-14/h11-12,17H,4-10,15H2,1-3H3. The Bertz CT molecular complexity index is 271. The largest absolute Gasteiger partial charge is 0.395 e. The molecule has 0 heterocycles. The number of carbonyl (C=O) groups excluding carboxylic acids is 1. The predicted octanol–water partition coefficient (Wildman–Crippen LogP) is 1.37. The molecule has 0 atom stereocenters. The van der Waals surface area contributed by atoms with Gasteiger partial charge in [-0.3, -0.25) is 4.79 Å². The molecule has 106 valence electrons. The number of amides is 1. The number of aliphatic hydroxyl groups is 1. The van der Waals surface area contributed by atoms with E-state index in [1.54, 1.807) is 4.90 Å². The number of aliphatic hydroxyl groups excluding tert-OH is 1. The molecule has 1 fully saturated rings. The van der Waals surface area contributed by atoms with Gasteiger partial charge in [0.25, 0.3) is 0 Å². The molecule has 3 N–H and O–H groups in total. The van der Waals surface area contributed by atoms with Crippen LogP contribution in [-0.4, -0.2) is 41.7 Å². The first-order valence-electron chi connectivity index (χ1n) is 7.09. The van der Waals surface area contributed by atoms with E-state index in [1.807, 2.05) is 13.8 Å². The molecule has 0 aromatic carbocycles. The highest BCUT2D eigenvalue weighted by molar-refractivity contribution is 5.83. The number of hydrogen-bond donors (Lipinski definition) is 2. The molecule has 4 heteroatoms.